The molecule has 0 unspecified atom stereocenters. The van der Waals surface area contributed by atoms with Gasteiger partial charge in [-0.2, -0.15) is 13.2 Å². The number of alkyl halides is 3. The Morgan fingerprint density at radius 2 is 1.86 bits per heavy atom. The number of halogens is 3. The van der Waals surface area contributed by atoms with E-state index in [-0.39, 0.29) is 17.7 Å². The van der Waals surface area contributed by atoms with Gasteiger partial charge in [-0.25, -0.2) is 0 Å². The van der Waals surface area contributed by atoms with E-state index < -0.39 is 11.7 Å². The van der Waals surface area contributed by atoms with Crippen LogP contribution in [0.1, 0.15) is 30.4 Å². The smallest absolute Gasteiger partial charge is 0.355 e. The van der Waals surface area contributed by atoms with Crippen LogP contribution in [0.15, 0.2) is 24.3 Å². The molecule has 21 heavy (non-hydrogen) atoms. The third-order valence-corrected chi connectivity index (χ3v) is 3.94. The molecule has 0 atom stereocenters. The van der Waals surface area contributed by atoms with Crippen LogP contribution in [0.4, 0.5) is 13.2 Å². The quantitative estimate of drug-likeness (QED) is 0.848. The van der Waals surface area contributed by atoms with Crippen molar-refractivity contribution in [3.05, 3.63) is 35.4 Å². The summed E-state index contributed by atoms with van der Waals surface area (Å²) in [4.78, 5) is 11.8. The molecule has 0 saturated heterocycles. The minimum absolute atomic E-state index is 0.0941. The molecule has 2 rings (SSSR count). The van der Waals surface area contributed by atoms with Gasteiger partial charge in [0, 0.05) is 6.54 Å². The summed E-state index contributed by atoms with van der Waals surface area (Å²) in [6, 6.07) is 4.68. The first-order valence-electron chi connectivity index (χ1n) is 6.98. The number of carbonyl (C=O) groups excluding carboxylic acids is 1. The maximum atomic E-state index is 12.4. The van der Waals surface area contributed by atoms with Crippen molar-refractivity contribution < 1.29 is 18.0 Å². The molecule has 0 heterocycles. The molecule has 1 aliphatic rings. The molecular formula is C15H19F3N2O. The van der Waals surface area contributed by atoms with Crippen LogP contribution in [-0.2, 0) is 17.4 Å². The molecule has 0 aromatic heterocycles. The van der Waals surface area contributed by atoms with Crippen LogP contribution in [0.3, 0.4) is 0 Å². The number of hydrogen-bond acceptors (Lipinski definition) is 2. The van der Waals surface area contributed by atoms with Crippen molar-refractivity contribution in [3.63, 3.8) is 0 Å². The molecule has 3 N–H and O–H groups in total. The number of nitrogens with one attached hydrogen (secondary N) is 1. The van der Waals surface area contributed by atoms with Crippen molar-refractivity contribution in [2.24, 2.45) is 11.1 Å². The van der Waals surface area contributed by atoms with Gasteiger partial charge >= 0.3 is 6.18 Å². The van der Waals surface area contributed by atoms with Crippen LogP contribution >= 0.6 is 0 Å². The van der Waals surface area contributed by atoms with Gasteiger partial charge in [0.2, 0.25) is 5.91 Å². The Morgan fingerprint density at radius 1 is 1.24 bits per heavy atom. The molecule has 1 aromatic rings. The van der Waals surface area contributed by atoms with E-state index in [2.05, 4.69) is 5.32 Å². The van der Waals surface area contributed by atoms with Gasteiger partial charge in [0.05, 0.1) is 12.0 Å². The second-order valence-electron chi connectivity index (χ2n) is 5.69. The SMILES string of the molecule is NCCC1(CNC(=O)Cc2ccc(C(F)(F)F)cc2)CC1. The van der Waals surface area contributed by atoms with Gasteiger partial charge in [-0.15, -0.1) is 0 Å². The van der Waals surface area contributed by atoms with Crippen LogP contribution in [0.25, 0.3) is 0 Å². The summed E-state index contributed by atoms with van der Waals surface area (Å²) in [5.41, 5.74) is 5.56. The Bertz CT molecular complexity index is 493. The van der Waals surface area contributed by atoms with E-state index in [4.69, 9.17) is 5.73 Å². The Morgan fingerprint density at radius 3 is 2.33 bits per heavy atom. The number of nitrogens with two attached hydrogens (primary N) is 1. The molecule has 1 aromatic carbocycles. The minimum Gasteiger partial charge on any atom is -0.355 e. The summed E-state index contributed by atoms with van der Waals surface area (Å²) in [5.74, 6) is -0.168. The highest BCUT2D eigenvalue weighted by Crippen LogP contribution is 2.47. The summed E-state index contributed by atoms with van der Waals surface area (Å²) in [5, 5.41) is 2.85. The first-order valence-corrected chi connectivity index (χ1v) is 6.98. The third kappa shape index (κ3) is 4.46. The molecule has 0 radical (unpaired) electrons. The van der Waals surface area contributed by atoms with Crippen LogP contribution in [-0.4, -0.2) is 19.0 Å². The normalized spacial score (nSPS) is 16.6. The van der Waals surface area contributed by atoms with Gasteiger partial charge in [-0.05, 0) is 48.9 Å². The fourth-order valence-corrected chi connectivity index (χ4v) is 2.34. The largest absolute Gasteiger partial charge is 0.416 e. The highest BCUT2D eigenvalue weighted by Gasteiger charge is 2.41. The first-order chi connectivity index (χ1) is 9.85. The zero-order valence-electron chi connectivity index (χ0n) is 11.7. The highest BCUT2D eigenvalue weighted by molar-refractivity contribution is 5.78. The number of hydrogen-bond donors (Lipinski definition) is 2. The second-order valence-corrected chi connectivity index (χ2v) is 5.69. The Hall–Kier alpha value is -1.56. The number of rotatable bonds is 6. The second kappa shape index (κ2) is 6.05. The minimum atomic E-state index is -4.35. The van der Waals surface area contributed by atoms with E-state index >= 15 is 0 Å². The number of amides is 1. The highest BCUT2D eigenvalue weighted by atomic mass is 19.4. The number of benzene rings is 1. The van der Waals surface area contributed by atoms with Crippen molar-refractivity contribution >= 4 is 5.91 Å². The third-order valence-electron chi connectivity index (χ3n) is 3.94. The molecule has 1 saturated carbocycles. The van der Waals surface area contributed by atoms with E-state index in [0.717, 1.165) is 31.4 Å². The fraction of sp³-hybridized carbons (Fsp3) is 0.533. The van der Waals surface area contributed by atoms with Crippen LogP contribution in [0.2, 0.25) is 0 Å². The summed E-state index contributed by atoms with van der Waals surface area (Å²) >= 11 is 0. The van der Waals surface area contributed by atoms with E-state index in [0.29, 0.717) is 18.7 Å². The lowest BCUT2D eigenvalue weighted by Gasteiger charge is -2.15. The summed E-state index contributed by atoms with van der Waals surface area (Å²) in [6.07, 6.45) is -1.21. The molecule has 1 aliphatic carbocycles. The number of carbonyl (C=O) groups is 1. The predicted molar refractivity (Wildman–Crippen MR) is 73.5 cm³/mol. The van der Waals surface area contributed by atoms with Gasteiger partial charge < -0.3 is 11.1 Å². The predicted octanol–water partition coefficient (Wildman–Crippen LogP) is 2.49. The van der Waals surface area contributed by atoms with Crippen molar-refractivity contribution in [1.29, 1.82) is 0 Å². The average molecular weight is 300 g/mol. The monoisotopic (exact) mass is 300 g/mol. The molecule has 1 fully saturated rings. The van der Waals surface area contributed by atoms with Crippen LogP contribution in [0, 0.1) is 5.41 Å². The maximum Gasteiger partial charge on any atom is 0.416 e. The lowest BCUT2D eigenvalue weighted by atomic mass is 10.0. The molecular weight excluding hydrogens is 281 g/mol. The van der Waals surface area contributed by atoms with Crippen LogP contribution < -0.4 is 11.1 Å². The molecule has 0 aliphatic heterocycles. The van der Waals surface area contributed by atoms with E-state index in [9.17, 15) is 18.0 Å². The molecule has 0 bridgehead atoms. The van der Waals surface area contributed by atoms with Crippen molar-refractivity contribution in [2.45, 2.75) is 31.9 Å². The lowest BCUT2D eigenvalue weighted by Crippen LogP contribution is -2.32. The zero-order chi connectivity index (χ0) is 15.5. The topological polar surface area (TPSA) is 55.1 Å². The van der Waals surface area contributed by atoms with Crippen molar-refractivity contribution in [1.82, 2.24) is 5.32 Å². The standard InChI is InChI=1S/C15H19F3N2O/c16-15(17,18)12-3-1-11(2-4-12)9-13(21)20-10-14(5-6-14)7-8-19/h1-4H,5-10,19H2,(H,20,21). The van der Waals surface area contributed by atoms with Crippen LogP contribution in [0.5, 0.6) is 0 Å². The average Bonchev–Trinajstić information content (AvgIpc) is 3.17. The van der Waals surface area contributed by atoms with Crippen molar-refractivity contribution in [2.75, 3.05) is 13.1 Å². The Labute approximate surface area is 121 Å². The Balaban J connectivity index is 1.83. The summed E-state index contributed by atoms with van der Waals surface area (Å²) in [7, 11) is 0. The zero-order valence-corrected chi connectivity index (χ0v) is 11.7. The van der Waals surface area contributed by atoms with Gasteiger partial charge in [-0.3, -0.25) is 4.79 Å². The molecule has 116 valence electrons. The van der Waals surface area contributed by atoms with Gasteiger partial charge in [0.25, 0.3) is 0 Å². The van der Waals surface area contributed by atoms with Gasteiger partial charge in [0.1, 0.15) is 0 Å². The molecule has 6 heteroatoms. The van der Waals surface area contributed by atoms with E-state index in [1.54, 1.807) is 0 Å². The lowest BCUT2D eigenvalue weighted by molar-refractivity contribution is -0.137. The molecule has 0 spiro atoms. The van der Waals surface area contributed by atoms with Gasteiger partial charge in [-0.1, -0.05) is 12.1 Å². The first kappa shape index (κ1) is 15.8. The molecule has 1 amide bonds. The molecule has 3 nitrogen and oxygen atoms in total. The summed E-state index contributed by atoms with van der Waals surface area (Å²) < 4.78 is 37.3. The maximum absolute atomic E-state index is 12.4. The van der Waals surface area contributed by atoms with Crippen molar-refractivity contribution in [3.8, 4) is 0 Å². The fourth-order valence-electron chi connectivity index (χ4n) is 2.34. The Kier molecular flexibility index (Phi) is 4.56. The summed E-state index contributed by atoms with van der Waals surface area (Å²) in [6.45, 7) is 1.21. The van der Waals surface area contributed by atoms with Gasteiger partial charge in [0.15, 0.2) is 0 Å². The van der Waals surface area contributed by atoms with E-state index in [1.165, 1.54) is 12.1 Å². The van der Waals surface area contributed by atoms with E-state index in [1.807, 2.05) is 0 Å².